The summed E-state index contributed by atoms with van der Waals surface area (Å²) in [4.78, 5) is 36.4. The Morgan fingerprint density at radius 3 is 2.52 bits per heavy atom. The summed E-state index contributed by atoms with van der Waals surface area (Å²) < 4.78 is 4.79. The SMILES string of the molecule is COCCNC(=O)CNC(=O)CCC(=O)c1ccc(C)s1. The van der Waals surface area contributed by atoms with E-state index in [0.717, 1.165) is 4.88 Å². The molecule has 0 aliphatic carbocycles. The quantitative estimate of drug-likeness (QED) is 0.524. The predicted octanol–water partition coefficient (Wildman–Crippen LogP) is 0.898. The average molecular weight is 312 g/mol. The second-order valence-electron chi connectivity index (χ2n) is 4.45. The van der Waals surface area contributed by atoms with Crippen molar-refractivity contribution in [3.63, 3.8) is 0 Å². The summed E-state index contributed by atoms with van der Waals surface area (Å²) in [5.74, 6) is -0.632. The van der Waals surface area contributed by atoms with Crippen LogP contribution in [-0.2, 0) is 14.3 Å². The van der Waals surface area contributed by atoms with Crippen molar-refractivity contribution < 1.29 is 19.1 Å². The summed E-state index contributed by atoms with van der Waals surface area (Å²) in [6, 6.07) is 3.64. The maximum Gasteiger partial charge on any atom is 0.239 e. The molecule has 6 nitrogen and oxygen atoms in total. The van der Waals surface area contributed by atoms with E-state index in [4.69, 9.17) is 4.74 Å². The monoisotopic (exact) mass is 312 g/mol. The van der Waals surface area contributed by atoms with Crippen molar-refractivity contribution in [2.24, 2.45) is 0 Å². The Hall–Kier alpha value is -1.73. The number of hydrogen-bond acceptors (Lipinski definition) is 5. The molecular formula is C14H20N2O4S. The molecule has 21 heavy (non-hydrogen) atoms. The lowest BCUT2D eigenvalue weighted by Gasteiger charge is -2.06. The van der Waals surface area contributed by atoms with Gasteiger partial charge in [-0.2, -0.15) is 0 Å². The summed E-state index contributed by atoms with van der Waals surface area (Å²) >= 11 is 1.42. The summed E-state index contributed by atoms with van der Waals surface area (Å²) in [5.41, 5.74) is 0. The molecule has 1 rings (SSSR count). The smallest absolute Gasteiger partial charge is 0.239 e. The Bertz CT molecular complexity index is 499. The number of ether oxygens (including phenoxy) is 1. The zero-order valence-corrected chi connectivity index (χ0v) is 13.0. The minimum Gasteiger partial charge on any atom is -0.383 e. The molecule has 0 bridgehead atoms. The number of aryl methyl sites for hydroxylation is 1. The van der Waals surface area contributed by atoms with E-state index in [-0.39, 0.29) is 37.0 Å². The standard InChI is InChI=1S/C14H20N2O4S/c1-10-3-5-12(21-10)11(17)4-6-13(18)16-9-14(19)15-7-8-20-2/h3,5H,4,6-9H2,1-2H3,(H,15,19)(H,16,18). The van der Waals surface area contributed by atoms with Gasteiger partial charge < -0.3 is 15.4 Å². The van der Waals surface area contributed by atoms with Gasteiger partial charge in [-0.1, -0.05) is 0 Å². The average Bonchev–Trinajstić information content (AvgIpc) is 2.89. The summed E-state index contributed by atoms with van der Waals surface area (Å²) in [6.07, 6.45) is 0.234. The van der Waals surface area contributed by atoms with E-state index in [2.05, 4.69) is 10.6 Å². The molecule has 1 aromatic rings. The molecule has 2 N–H and O–H groups in total. The molecule has 116 valence electrons. The van der Waals surface area contributed by atoms with E-state index in [0.29, 0.717) is 18.0 Å². The van der Waals surface area contributed by atoms with Crippen LogP contribution in [0, 0.1) is 6.92 Å². The zero-order chi connectivity index (χ0) is 15.7. The summed E-state index contributed by atoms with van der Waals surface area (Å²) in [7, 11) is 1.54. The highest BCUT2D eigenvalue weighted by Crippen LogP contribution is 2.17. The van der Waals surface area contributed by atoms with Crippen molar-refractivity contribution in [3.05, 3.63) is 21.9 Å². The first kappa shape index (κ1) is 17.3. The second kappa shape index (κ2) is 9.25. The lowest BCUT2D eigenvalue weighted by atomic mass is 10.2. The number of carbonyl (C=O) groups excluding carboxylic acids is 3. The molecule has 0 aliphatic heterocycles. The Morgan fingerprint density at radius 2 is 1.90 bits per heavy atom. The van der Waals surface area contributed by atoms with Gasteiger partial charge in [-0.3, -0.25) is 14.4 Å². The van der Waals surface area contributed by atoms with Crippen molar-refractivity contribution in [3.8, 4) is 0 Å². The summed E-state index contributed by atoms with van der Waals surface area (Å²) in [6.45, 7) is 2.67. The van der Waals surface area contributed by atoms with Gasteiger partial charge in [-0.25, -0.2) is 0 Å². The number of nitrogens with one attached hydrogen (secondary N) is 2. The van der Waals surface area contributed by atoms with Crippen LogP contribution in [0.4, 0.5) is 0 Å². The molecule has 2 amide bonds. The van der Waals surface area contributed by atoms with E-state index in [1.807, 2.05) is 13.0 Å². The molecule has 0 saturated carbocycles. The lowest BCUT2D eigenvalue weighted by molar-refractivity contribution is -0.126. The van der Waals surface area contributed by atoms with Gasteiger partial charge in [0.2, 0.25) is 11.8 Å². The molecule has 1 aromatic heterocycles. The first-order valence-electron chi connectivity index (χ1n) is 6.65. The van der Waals surface area contributed by atoms with E-state index in [9.17, 15) is 14.4 Å². The molecular weight excluding hydrogens is 292 g/mol. The van der Waals surface area contributed by atoms with Gasteiger partial charge in [0.15, 0.2) is 5.78 Å². The van der Waals surface area contributed by atoms with Crippen molar-refractivity contribution >= 4 is 28.9 Å². The van der Waals surface area contributed by atoms with Gasteiger partial charge >= 0.3 is 0 Å². The third kappa shape index (κ3) is 7.01. The van der Waals surface area contributed by atoms with Crippen molar-refractivity contribution in [1.29, 1.82) is 0 Å². The van der Waals surface area contributed by atoms with Crippen LogP contribution < -0.4 is 10.6 Å². The van der Waals surface area contributed by atoms with E-state index in [1.54, 1.807) is 13.2 Å². The molecule has 0 aliphatic rings. The fourth-order valence-corrected chi connectivity index (χ4v) is 2.39. The van der Waals surface area contributed by atoms with Crippen molar-refractivity contribution in [1.82, 2.24) is 10.6 Å². The van der Waals surface area contributed by atoms with Crippen LogP contribution in [-0.4, -0.2) is 44.4 Å². The number of Topliss-reactive ketones (excluding diaryl/α,β-unsaturated/α-hetero) is 1. The van der Waals surface area contributed by atoms with Crippen LogP contribution in [0.2, 0.25) is 0 Å². The fourth-order valence-electron chi connectivity index (χ4n) is 1.56. The van der Waals surface area contributed by atoms with Crippen LogP contribution in [0.25, 0.3) is 0 Å². The van der Waals surface area contributed by atoms with Gasteiger partial charge in [-0.15, -0.1) is 11.3 Å². The van der Waals surface area contributed by atoms with E-state index >= 15 is 0 Å². The minimum atomic E-state index is -0.307. The maximum absolute atomic E-state index is 11.8. The minimum absolute atomic E-state index is 0.0483. The second-order valence-corrected chi connectivity index (χ2v) is 5.74. The van der Waals surface area contributed by atoms with Gasteiger partial charge in [-0.05, 0) is 19.1 Å². The predicted molar refractivity (Wildman–Crippen MR) is 80.5 cm³/mol. The van der Waals surface area contributed by atoms with Crippen molar-refractivity contribution in [2.75, 3.05) is 26.8 Å². The van der Waals surface area contributed by atoms with Crippen LogP contribution in [0.5, 0.6) is 0 Å². The normalized spacial score (nSPS) is 10.2. The molecule has 0 fully saturated rings. The number of hydrogen-bond donors (Lipinski definition) is 2. The Labute approximate surface area is 127 Å². The first-order chi connectivity index (χ1) is 10.0. The topological polar surface area (TPSA) is 84.5 Å². The number of rotatable bonds is 9. The zero-order valence-electron chi connectivity index (χ0n) is 12.2. The van der Waals surface area contributed by atoms with Crippen molar-refractivity contribution in [2.45, 2.75) is 19.8 Å². The van der Waals surface area contributed by atoms with Crippen LogP contribution in [0.15, 0.2) is 12.1 Å². The largest absolute Gasteiger partial charge is 0.383 e. The molecule has 0 unspecified atom stereocenters. The first-order valence-corrected chi connectivity index (χ1v) is 7.46. The fraction of sp³-hybridized carbons (Fsp3) is 0.500. The number of amides is 2. The van der Waals surface area contributed by atoms with Gasteiger partial charge in [0.1, 0.15) is 0 Å². The highest BCUT2D eigenvalue weighted by Gasteiger charge is 2.11. The number of methoxy groups -OCH3 is 1. The Balaban J connectivity index is 2.19. The molecule has 0 atom stereocenters. The van der Waals surface area contributed by atoms with Gasteiger partial charge in [0.05, 0.1) is 18.0 Å². The van der Waals surface area contributed by atoms with E-state index < -0.39 is 0 Å². The maximum atomic E-state index is 11.8. The Morgan fingerprint density at radius 1 is 1.14 bits per heavy atom. The van der Waals surface area contributed by atoms with E-state index in [1.165, 1.54) is 11.3 Å². The van der Waals surface area contributed by atoms with Gasteiger partial charge in [0, 0.05) is 31.4 Å². The molecule has 0 radical (unpaired) electrons. The summed E-state index contributed by atoms with van der Waals surface area (Å²) in [5, 5.41) is 5.07. The Kier molecular flexibility index (Phi) is 7.63. The van der Waals surface area contributed by atoms with Crippen LogP contribution >= 0.6 is 11.3 Å². The lowest BCUT2D eigenvalue weighted by Crippen LogP contribution is -2.38. The molecule has 7 heteroatoms. The molecule has 0 aromatic carbocycles. The van der Waals surface area contributed by atoms with Crippen LogP contribution in [0.1, 0.15) is 27.4 Å². The number of thiophene rings is 1. The third-order valence-electron chi connectivity index (χ3n) is 2.67. The highest BCUT2D eigenvalue weighted by atomic mass is 32.1. The number of ketones is 1. The molecule has 0 saturated heterocycles. The molecule has 1 heterocycles. The third-order valence-corrected chi connectivity index (χ3v) is 3.71. The highest BCUT2D eigenvalue weighted by molar-refractivity contribution is 7.14. The van der Waals surface area contributed by atoms with Crippen LogP contribution in [0.3, 0.4) is 0 Å². The van der Waals surface area contributed by atoms with Gasteiger partial charge in [0.25, 0.3) is 0 Å². The molecule has 0 spiro atoms. The number of carbonyl (C=O) groups is 3.